The van der Waals surface area contributed by atoms with E-state index in [0.29, 0.717) is 37.6 Å². The van der Waals surface area contributed by atoms with Crippen LogP contribution in [0.3, 0.4) is 0 Å². The quantitative estimate of drug-likeness (QED) is 0.181. The Bertz CT molecular complexity index is 936. The topological polar surface area (TPSA) is 101 Å². The van der Waals surface area contributed by atoms with Gasteiger partial charge in [-0.15, -0.1) is 0 Å². The highest BCUT2D eigenvalue weighted by atomic mass is 16.5. The fraction of sp³-hybridized carbons (Fsp3) is 0.231. The average molecular weight is 463 g/mol. The van der Waals surface area contributed by atoms with Crippen LogP contribution in [0.15, 0.2) is 84.0 Å². The molecule has 0 aromatic heterocycles. The van der Waals surface area contributed by atoms with Crippen LogP contribution < -0.4 is 20.3 Å². The predicted octanol–water partition coefficient (Wildman–Crippen LogP) is 3.98. The summed E-state index contributed by atoms with van der Waals surface area (Å²) in [6, 6.07) is 14.7. The van der Waals surface area contributed by atoms with Crippen molar-refractivity contribution in [3.05, 3.63) is 85.0 Å². The Morgan fingerprint density at radius 3 is 1.56 bits per heavy atom. The van der Waals surface area contributed by atoms with E-state index < -0.39 is 0 Å². The van der Waals surface area contributed by atoms with E-state index in [1.165, 1.54) is 12.4 Å². The van der Waals surface area contributed by atoms with Crippen LogP contribution in [0, 0.1) is 0 Å². The minimum Gasteiger partial charge on any atom is -0.489 e. The highest BCUT2D eigenvalue weighted by Crippen LogP contribution is 2.16. The Morgan fingerprint density at radius 2 is 1.15 bits per heavy atom. The van der Waals surface area contributed by atoms with Gasteiger partial charge in [-0.3, -0.25) is 9.59 Å². The van der Waals surface area contributed by atoms with Gasteiger partial charge in [-0.25, -0.2) is 10.9 Å². The molecule has 2 aromatic rings. The maximum absolute atomic E-state index is 12.0. The van der Waals surface area contributed by atoms with Gasteiger partial charge in [0.05, 0.1) is 12.4 Å². The molecule has 0 aliphatic rings. The van der Waals surface area contributed by atoms with Gasteiger partial charge in [0.1, 0.15) is 24.7 Å². The minimum absolute atomic E-state index is 0.227. The number of hydrogen-bond donors (Lipinski definition) is 2. The molecule has 0 unspecified atom stereocenters. The van der Waals surface area contributed by atoms with Gasteiger partial charge in [0.15, 0.2) is 0 Å². The van der Waals surface area contributed by atoms with Crippen LogP contribution in [-0.2, 0) is 9.59 Å². The number of ether oxygens (including phenoxy) is 2. The Morgan fingerprint density at radius 1 is 0.735 bits per heavy atom. The van der Waals surface area contributed by atoms with Crippen LogP contribution in [-0.4, -0.2) is 37.5 Å². The molecule has 0 aliphatic carbocycles. The van der Waals surface area contributed by atoms with E-state index in [9.17, 15) is 9.59 Å². The Hall–Kier alpha value is -4.20. The third-order valence-corrected chi connectivity index (χ3v) is 4.39. The second-order valence-corrected chi connectivity index (χ2v) is 7.07. The van der Waals surface area contributed by atoms with Crippen molar-refractivity contribution in [1.82, 2.24) is 10.9 Å². The number of hydrazone groups is 2. The predicted molar refractivity (Wildman–Crippen MR) is 134 cm³/mol. The van der Waals surface area contributed by atoms with Crippen LogP contribution in [0.4, 0.5) is 0 Å². The molecule has 8 heteroatoms. The van der Waals surface area contributed by atoms with Crippen molar-refractivity contribution in [2.45, 2.75) is 25.7 Å². The maximum atomic E-state index is 12.0. The molecule has 0 atom stereocenters. The lowest BCUT2D eigenvalue weighted by Gasteiger charge is -2.06. The summed E-state index contributed by atoms with van der Waals surface area (Å²) >= 11 is 0. The highest BCUT2D eigenvalue weighted by molar-refractivity contribution is 5.86. The van der Waals surface area contributed by atoms with E-state index >= 15 is 0 Å². The van der Waals surface area contributed by atoms with Gasteiger partial charge in [-0.2, -0.15) is 10.2 Å². The van der Waals surface area contributed by atoms with Gasteiger partial charge in [0, 0.05) is 24.0 Å². The number of amides is 2. The molecule has 178 valence electrons. The summed E-state index contributed by atoms with van der Waals surface area (Å²) in [5.74, 6) is 0.856. The summed E-state index contributed by atoms with van der Waals surface area (Å²) in [4.78, 5) is 23.9. The second kappa shape index (κ2) is 15.6. The molecule has 0 aliphatic heterocycles. The zero-order chi connectivity index (χ0) is 24.4. The van der Waals surface area contributed by atoms with Crippen LogP contribution >= 0.6 is 0 Å². The first-order valence-electron chi connectivity index (χ1n) is 10.9. The summed E-state index contributed by atoms with van der Waals surface area (Å²) in [5, 5.41) is 7.95. The van der Waals surface area contributed by atoms with Crippen molar-refractivity contribution in [3.8, 4) is 11.5 Å². The molecule has 0 saturated heterocycles. The average Bonchev–Trinajstić information content (AvgIpc) is 2.85. The standard InChI is InChI=1S/C26H30N4O4/c1-3-17-33-23-13-7-5-11-21(23)19-27-29-25(31)15-9-10-16-26(32)30-28-20-22-12-6-8-14-24(22)34-18-4-2/h3-8,11-14,19-20H,1-2,9-10,15-18H2,(H,29,31)(H,30,32)/b27-19-,28-20-. The number of para-hydroxylation sites is 2. The molecule has 0 bridgehead atoms. The van der Waals surface area contributed by atoms with Gasteiger partial charge < -0.3 is 9.47 Å². The van der Waals surface area contributed by atoms with Gasteiger partial charge in [-0.1, -0.05) is 49.6 Å². The maximum Gasteiger partial charge on any atom is 0.240 e. The molecule has 2 aromatic carbocycles. The number of carbonyl (C=O) groups excluding carboxylic acids is 2. The molecule has 0 heterocycles. The zero-order valence-corrected chi connectivity index (χ0v) is 19.1. The highest BCUT2D eigenvalue weighted by Gasteiger charge is 2.04. The van der Waals surface area contributed by atoms with Crippen LogP contribution in [0.25, 0.3) is 0 Å². The second-order valence-electron chi connectivity index (χ2n) is 7.07. The number of nitrogens with zero attached hydrogens (tertiary/aromatic N) is 2. The van der Waals surface area contributed by atoms with Crippen molar-refractivity contribution in [2.75, 3.05) is 13.2 Å². The Kier molecular flexibility index (Phi) is 11.9. The molecule has 0 radical (unpaired) electrons. The number of nitrogens with one attached hydrogen (secondary N) is 2. The molecule has 8 nitrogen and oxygen atoms in total. The van der Waals surface area contributed by atoms with E-state index in [4.69, 9.17) is 9.47 Å². The van der Waals surface area contributed by atoms with Crippen LogP contribution in [0.2, 0.25) is 0 Å². The van der Waals surface area contributed by atoms with Gasteiger partial charge in [0.25, 0.3) is 0 Å². The van der Waals surface area contributed by atoms with E-state index in [-0.39, 0.29) is 24.7 Å². The molecule has 2 amide bonds. The first kappa shape index (κ1) is 26.1. The number of carbonyl (C=O) groups is 2. The van der Waals surface area contributed by atoms with Crippen LogP contribution in [0.1, 0.15) is 36.8 Å². The normalized spacial score (nSPS) is 10.7. The lowest BCUT2D eigenvalue weighted by atomic mass is 10.2. The minimum atomic E-state index is -0.227. The molecule has 2 rings (SSSR count). The van der Waals surface area contributed by atoms with Gasteiger partial charge in [0.2, 0.25) is 11.8 Å². The molecule has 0 saturated carbocycles. The first-order chi connectivity index (χ1) is 16.6. The van der Waals surface area contributed by atoms with E-state index in [0.717, 1.165) is 11.1 Å². The molecular formula is C26H30N4O4. The number of unbranched alkanes of at least 4 members (excludes halogenated alkanes) is 1. The van der Waals surface area contributed by atoms with Crippen molar-refractivity contribution < 1.29 is 19.1 Å². The summed E-state index contributed by atoms with van der Waals surface area (Å²) in [6.07, 6.45) is 7.99. The Labute approximate surface area is 200 Å². The molecule has 0 spiro atoms. The first-order valence-corrected chi connectivity index (χ1v) is 10.9. The van der Waals surface area contributed by atoms with Crippen molar-refractivity contribution >= 4 is 24.2 Å². The van der Waals surface area contributed by atoms with Gasteiger partial charge in [-0.05, 0) is 37.1 Å². The summed E-state index contributed by atoms with van der Waals surface area (Å²) in [6.45, 7) is 8.01. The fourth-order valence-corrected chi connectivity index (χ4v) is 2.77. The fourth-order valence-electron chi connectivity index (χ4n) is 2.77. The van der Waals surface area contributed by atoms with Crippen LogP contribution in [0.5, 0.6) is 11.5 Å². The molecule has 34 heavy (non-hydrogen) atoms. The van der Waals surface area contributed by atoms with Crippen molar-refractivity contribution in [3.63, 3.8) is 0 Å². The van der Waals surface area contributed by atoms with E-state index in [1.807, 2.05) is 48.5 Å². The van der Waals surface area contributed by atoms with Crippen molar-refractivity contribution in [2.24, 2.45) is 10.2 Å². The number of rotatable bonds is 15. The number of benzene rings is 2. The zero-order valence-electron chi connectivity index (χ0n) is 19.1. The smallest absolute Gasteiger partial charge is 0.240 e. The summed E-state index contributed by atoms with van der Waals surface area (Å²) in [7, 11) is 0. The third kappa shape index (κ3) is 9.95. The van der Waals surface area contributed by atoms with E-state index in [1.54, 1.807) is 12.2 Å². The largest absolute Gasteiger partial charge is 0.489 e. The third-order valence-electron chi connectivity index (χ3n) is 4.39. The van der Waals surface area contributed by atoms with Crippen molar-refractivity contribution in [1.29, 1.82) is 0 Å². The molecular weight excluding hydrogens is 432 g/mol. The van der Waals surface area contributed by atoms with Gasteiger partial charge >= 0.3 is 0 Å². The molecule has 0 fully saturated rings. The summed E-state index contributed by atoms with van der Waals surface area (Å²) < 4.78 is 11.1. The lowest BCUT2D eigenvalue weighted by molar-refractivity contribution is -0.123. The summed E-state index contributed by atoms with van der Waals surface area (Å²) in [5.41, 5.74) is 6.47. The Balaban J connectivity index is 1.66. The lowest BCUT2D eigenvalue weighted by Crippen LogP contribution is -2.19. The molecule has 2 N–H and O–H groups in total. The SMILES string of the molecule is C=CCOc1ccccc1/C=N\NC(=O)CCCCC(=O)N/N=C\c1ccccc1OCC=C. The number of hydrogen-bond acceptors (Lipinski definition) is 6. The monoisotopic (exact) mass is 462 g/mol. The van der Waals surface area contributed by atoms with E-state index in [2.05, 4.69) is 34.2 Å².